The summed E-state index contributed by atoms with van der Waals surface area (Å²) in [6.45, 7) is 7.95. The lowest BCUT2D eigenvalue weighted by Gasteiger charge is -2.26. The molecule has 0 spiro atoms. The molecule has 0 saturated carbocycles. The van der Waals surface area contributed by atoms with Crippen LogP contribution in [0.25, 0.3) is 16.9 Å². The average molecular weight is 393 g/mol. The van der Waals surface area contributed by atoms with Crippen molar-refractivity contribution >= 4 is 11.6 Å². The van der Waals surface area contributed by atoms with Gasteiger partial charge in [-0.2, -0.15) is 5.10 Å². The van der Waals surface area contributed by atoms with Crippen LogP contribution in [0.5, 0.6) is 5.75 Å². The molecule has 6 heteroatoms. The third-order valence-electron chi connectivity index (χ3n) is 5.44. The Hall–Kier alpha value is -2.89. The summed E-state index contributed by atoms with van der Waals surface area (Å²) < 4.78 is 7.41. The second kappa shape index (κ2) is 7.50. The van der Waals surface area contributed by atoms with Crippen LogP contribution < -0.4 is 4.74 Å². The first-order chi connectivity index (χ1) is 13.9. The van der Waals surface area contributed by atoms with Gasteiger partial charge < -0.3 is 9.64 Å². The molecule has 0 atom stereocenters. The number of aromatic nitrogens is 3. The number of rotatable bonds is 3. The summed E-state index contributed by atoms with van der Waals surface area (Å²) in [7, 11) is 1.65. The van der Waals surface area contributed by atoms with Crippen molar-refractivity contribution in [3.05, 3.63) is 47.8 Å². The predicted octanol–water partition coefficient (Wildman–Crippen LogP) is 4.33. The Morgan fingerprint density at radius 3 is 2.48 bits per heavy atom. The van der Waals surface area contributed by atoms with Crippen LogP contribution in [0.15, 0.2) is 36.4 Å². The van der Waals surface area contributed by atoms with Gasteiger partial charge >= 0.3 is 0 Å². The van der Waals surface area contributed by atoms with Crippen LogP contribution in [0, 0.1) is 0 Å². The zero-order valence-corrected chi connectivity index (χ0v) is 17.6. The first kappa shape index (κ1) is 19.4. The molecular formula is C23H28N4O2. The van der Waals surface area contributed by atoms with Crippen molar-refractivity contribution in [2.45, 2.75) is 45.4 Å². The molecule has 3 aromatic rings. The van der Waals surface area contributed by atoms with Gasteiger partial charge in [0, 0.05) is 30.1 Å². The van der Waals surface area contributed by atoms with Crippen LogP contribution in [0.3, 0.4) is 0 Å². The lowest BCUT2D eigenvalue weighted by atomic mass is 9.93. The molecule has 0 radical (unpaired) electrons. The highest BCUT2D eigenvalue weighted by Gasteiger charge is 2.25. The van der Waals surface area contributed by atoms with E-state index >= 15 is 0 Å². The van der Waals surface area contributed by atoms with Gasteiger partial charge in [0.2, 0.25) is 0 Å². The highest BCUT2D eigenvalue weighted by Crippen LogP contribution is 2.32. The Kier molecular flexibility index (Phi) is 5.03. The fourth-order valence-corrected chi connectivity index (χ4v) is 3.76. The molecule has 29 heavy (non-hydrogen) atoms. The highest BCUT2D eigenvalue weighted by atomic mass is 16.5. The van der Waals surface area contributed by atoms with Gasteiger partial charge in [0.25, 0.3) is 5.91 Å². The Morgan fingerprint density at radius 2 is 1.79 bits per heavy atom. The molecule has 0 bridgehead atoms. The predicted molar refractivity (Wildman–Crippen MR) is 113 cm³/mol. The Labute approximate surface area is 171 Å². The number of carbonyl (C=O) groups is 1. The van der Waals surface area contributed by atoms with Crippen molar-refractivity contribution < 1.29 is 9.53 Å². The van der Waals surface area contributed by atoms with Crippen LogP contribution in [0.1, 0.15) is 56.2 Å². The second-order valence-corrected chi connectivity index (χ2v) is 8.63. The number of methoxy groups -OCH3 is 1. The van der Waals surface area contributed by atoms with Gasteiger partial charge in [-0.1, -0.05) is 32.9 Å². The minimum Gasteiger partial charge on any atom is -0.496 e. The molecule has 1 aliphatic rings. The topological polar surface area (TPSA) is 59.7 Å². The number of benzene rings is 1. The maximum absolute atomic E-state index is 13.2. The number of hydrogen-bond donors (Lipinski definition) is 0. The van der Waals surface area contributed by atoms with Gasteiger partial charge in [-0.3, -0.25) is 4.79 Å². The SMILES string of the molecule is COc1ccccc1-c1cc(C(=O)N2CCCCC2)nc2cc(C(C)(C)C)nn12. The number of likely N-dealkylation sites (tertiary alicyclic amines) is 1. The summed E-state index contributed by atoms with van der Waals surface area (Å²) >= 11 is 0. The van der Waals surface area contributed by atoms with Gasteiger partial charge in [-0.05, 0) is 37.5 Å². The van der Waals surface area contributed by atoms with E-state index in [1.165, 1.54) is 6.42 Å². The van der Waals surface area contributed by atoms with Crippen LogP contribution in [0.2, 0.25) is 0 Å². The van der Waals surface area contributed by atoms with E-state index in [4.69, 9.17) is 14.8 Å². The second-order valence-electron chi connectivity index (χ2n) is 8.63. The molecule has 1 fully saturated rings. The lowest BCUT2D eigenvalue weighted by molar-refractivity contribution is 0.0718. The summed E-state index contributed by atoms with van der Waals surface area (Å²) in [6, 6.07) is 11.6. The maximum atomic E-state index is 13.2. The molecule has 0 aliphatic carbocycles. The largest absolute Gasteiger partial charge is 0.496 e. The number of fused-ring (bicyclic) bond motifs is 1. The molecule has 3 heterocycles. The van der Waals surface area contributed by atoms with Gasteiger partial charge in [-0.15, -0.1) is 0 Å². The van der Waals surface area contributed by atoms with E-state index in [-0.39, 0.29) is 11.3 Å². The summed E-state index contributed by atoms with van der Waals surface area (Å²) in [6.07, 6.45) is 3.28. The third-order valence-corrected chi connectivity index (χ3v) is 5.44. The molecule has 2 aromatic heterocycles. The monoisotopic (exact) mass is 392 g/mol. The minimum atomic E-state index is -0.122. The van der Waals surface area contributed by atoms with E-state index < -0.39 is 0 Å². The number of amides is 1. The standard InChI is InChI=1S/C23H28N4O2/c1-23(2,3)20-15-21-24-17(22(28)26-12-8-5-9-13-26)14-18(27(21)25-20)16-10-6-7-11-19(16)29-4/h6-7,10-11,14-15H,5,8-9,12-13H2,1-4H3. The quantitative estimate of drug-likeness (QED) is 0.666. The average Bonchev–Trinajstić information content (AvgIpc) is 3.18. The highest BCUT2D eigenvalue weighted by molar-refractivity contribution is 5.94. The van der Waals surface area contributed by atoms with Crippen molar-refractivity contribution in [3.8, 4) is 17.0 Å². The fourth-order valence-electron chi connectivity index (χ4n) is 3.76. The van der Waals surface area contributed by atoms with Gasteiger partial charge in [0.05, 0.1) is 18.5 Å². The molecule has 1 aromatic carbocycles. The number of carbonyl (C=O) groups excluding carboxylic acids is 1. The fraction of sp³-hybridized carbons (Fsp3) is 0.435. The summed E-state index contributed by atoms with van der Waals surface area (Å²) in [5.74, 6) is 0.728. The molecule has 1 aliphatic heterocycles. The molecule has 6 nitrogen and oxygen atoms in total. The molecule has 152 valence electrons. The van der Waals surface area contributed by atoms with Gasteiger partial charge in [0.15, 0.2) is 5.65 Å². The van der Waals surface area contributed by atoms with Crippen LogP contribution in [-0.4, -0.2) is 45.6 Å². The first-order valence-corrected chi connectivity index (χ1v) is 10.2. The van der Waals surface area contributed by atoms with Crippen LogP contribution in [0.4, 0.5) is 0 Å². The Bertz CT molecular complexity index is 1040. The van der Waals surface area contributed by atoms with E-state index in [0.717, 1.165) is 48.6 Å². The smallest absolute Gasteiger partial charge is 0.272 e. The van der Waals surface area contributed by atoms with Crippen molar-refractivity contribution in [3.63, 3.8) is 0 Å². The maximum Gasteiger partial charge on any atom is 0.272 e. The van der Waals surface area contributed by atoms with Crippen molar-refractivity contribution in [1.82, 2.24) is 19.5 Å². The summed E-state index contributed by atoms with van der Waals surface area (Å²) in [5.41, 5.74) is 3.65. The number of nitrogens with zero attached hydrogens (tertiary/aromatic N) is 4. The van der Waals surface area contributed by atoms with Crippen LogP contribution >= 0.6 is 0 Å². The molecule has 0 unspecified atom stereocenters. The number of para-hydroxylation sites is 1. The Balaban J connectivity index is 1.91. The summed E-state index contributed by atoms with van der Waals surface area (Å²) in [5, 5.41) is 4.82. The normalized spacial score (nSPS) is 15.0. The number of piperidine rings is 1. The van der Waals surface area contributed by atoms with Gasteiger partial charge in [0.1, 0.15) is 11.4 Å². The van der Waals surface area contributed by atoms with E-state index in [9.17, 15) is 4.79 Å². The zero-order chi connectivity index (χ0) is 20.6. The third kappa shape index (κ3) is 3.71. The minimum absolute atomic E-state index is 0.0122. The molecule has 4 rings (SSSR count). The van der Waals surface area contributed by atoms with Gasteiger partial charge in [-0.25, -0.2) is 9.50 Å². The lowest BCUT2D eigenvalue weighted by Crippen LogP contribution is -2.36. The number of ether oxygens (including phenoxy) is 1. The molecule has 1 saturated heterocycles. The molecular weight excluding hydrogens is 364 g/mol. The van der Waals surface area contributed by atoms with Crippen molar-refractivity contribution in [1.29, 1.82) is 0 Å². The molecule has 1 amide bonds. The molecule has 0 N–H and O–H groups in total. The van der Waals surface area contributed by atoms with E-state index in [2.05, 4.69) is 20.8 Å². The van der Waals surface area contributed by atoms with Crippen LogP contribution in [-0.2, 0) is 5.41 Å². The summed E-state index contributed by atoms with van der Waals surface area (Å²) in [4.78, 5) is 19.8. The first-order valence-electron chi connectivity index (χ1n) is 10.2. The van der Waals surface area contributed by atoms with E-state index in [1.54, 1.807) is 7.11 Å². The Morgan fingerprint density at radius 1 is 1.07 bits per heavy atom. The van der Waals surface area contributed by atoms with Crippen molar-refractivity contribution in [2.75, 3.05) is 20.2 Å². The van der Waals surface area contributed by atoms with E-state index in [0.29, 0.717) is 11.3 Å². The van der Waals surface area contributed by atoms with Crippen molar-refractivity contribution in [2.24, 2.45) is 0 Å². The number of hydrogen-bond acceptors (Lipinski definition) is 4. The van der Waals surface area contributed by atoms with E-state index in [1.807, 2.05) is 45.8 Å². The zero-order valence-electron chi connectivity index (χ0n) is 17.6.